The first-order valence-corrected chi connectivity index (χ1v) is 7.94. The predicted octanol–water partition coefficient (Wildman–Crippen LogP) is 3.72. The first kappa shape index (κ1) is 14.0. The molecule has 1 heterocycles. The molecule has 0 radical (unpaired) electrons. The van der Waals surface area contributed by atoms with E-state index in [1.54, 1.807) is 23.6 Å². The monoisotopic (exact) mass is 299 g/mol. The number of hydrogen-bond donors (Lipinski definition) is 0. The summed E-state index contributed by atoms with van der Waals surface area (Å²) in [5.41, 5.74) is 2.17. The second kappa shape index (κ2) is 6.22. The number of hydrogen-bond acceptors (Lipinski definition) is 3. The lowest BCUT2D eigenvalue weighted by Gasteiger charge is -2.28. The molecule has 21 heavy (non-hydrogen) atoms. The van der Waals surface area contributed by atoms with Crippen LogP contribution in [0.1, 0.15) is 12.5 Å². The van der Waals surface area contributed by atoms with Gasteiger partial charge in [-0.05, 0) is 23.8 Å². The van der Waals surface area contributed by atoms with Crippen molar-refractivity contribution in [2.75, 3.05) is 18.1 Å². The summed E-state index contributed by atoms with van der Waals surface area (Å²) in [5.74, 6) is 1.79. The SMILES string of the molecule is CC(=O)N1CCOc2cc(SCc3ccccc3)ccc21. The van der Waals surface area contributed by atoms with E-state index in [9.17, 15) is 4.79 Å². The molecule has 2 aromatic carbocycles. The van der Waals surface area contributed by atoms with E-state index in [4.69, 9.17) is 4.74 Å². The maximum Gasteiger partial charge on any atom is 0.224 e. The number of nitrogens with zero attached hydrogens (tertiary/aromatic N) is 1. The lowest BCUT2D eigenvalue weighted by Crippen LogP contribution is -2.36. The molecule has 0 atom stereocenters. The third-order valence-corrected chi connectivity index (χ3v) is 4.49. The zero-order valence-corrected chi connectivity index (χ0v) is 12.7. The van der Waals surface area contributed by atoms with E-state index >= 15 is 0 Å². The molecule has 0 unspecified atom stereocenters. The minimum Gasteiger partial charge on any atom is -0.489 e. The van der Waals surface area contributed by atoms with Gasteiger partial charge in [0.2, 0.25) is 5.91 Å². The van der Waals surface area contributed by atoms with Crippen molar-refractivity contribution in [2.24, 2.45) is 0 Å². The molecule has 2 aromatic rings. The molecule has 4 heteroatoms. The molecule has 1 aliphatic heterocycles. The van der Waals surface area contributed by atoms with Gasteiger partial charge in [-0.25, -0.2) is 0 Å². The van der Waals surface area contributed by atoms with Gasteiger partial charge in [0.25, 0.3) is 0 Å². The molecule has 3 rings (SSSR count). The van der Waals surface area contributed by atoms with Gasteiger partial charge in [0.1, 0.15) is 12.4 Å². The van der Waals surface area contributed by atoms with Crippen LogP contribution in [0.25, 0.3) is 0 Å². The van der Waals surface area contributed by atoms with Crippen LogP contribution in [-0.2, 0) is 10.5 Å². The molecule has 0 N–H and O–H groups in total. The third-order valence-electron chi connectivity index (χ3n) is 3.42. The Hall–Kier alpha value is -1.94. The largest absolute Gasteiger partial charge is 0.489 e. The number of fused-ring (bicyclic) bond motifs is 1. The molecular weight excluding hydrogens is 282 g/mol. The molecule has 0 bridgehead atoms. The van der Waals surface area contributed by atoms with Crippen LogP contribution in [0.2, 0.25) is 0 Å². The van der Waals surface area contributed by atoms with Crippen molar-refractivity contribution >= 4 is 23.4 Å². The van der Waals surface area contributed by atoms with Crippen LogP contribution in [0.3, 0.4) is 0 Å². The van der Waals surface area contributed by atoms with Crippen molar-refractivity contribution in [3.8, 4) is 5.75 Å². The number of benzene rings is 2. The van der Waals surface area contributed by atoms with Gasteiger partial charge in [-0.1, -0.05) is 30.3 Å². The summed E-state index contributed by atoms with van der Waals surface area (Å²) in [6.07, 6.45) is 0. The maximum absolute atomic E-state index is 11.6. The molecule has 108 valence electrons. The minimum absolute atomic E-state index is 0.0595. The third kappa shape index (κ3) is 3.22. The Kier molecular flexibility index (Phi) is 4.15. The standard InChI is InChI=1S/C17H17NO2S/c1-13(19)18-9-10-20-17-11-15(7-8-16(17)18)21-12-14-5-3-2-4-6-14/h2-8,11H,9-10,12H2,1H3. The van der Waals surface area contributed by atoms with Crippen molar-refractivity contribution in [2.45, 2.75) is 17.6 Å². The minimum atomic E-state index is 0.0595. The smallest absolute Gasteiger partial charge is 0.224 e. The Morgan fingerprint density at radius 2 is 2.05 bits per heavy atom. The second-order valence-corrected chi connectivity index (χ2v) is 5.97. The van der Waals surface area contributed by atoms with Crippen LogP contribution in [0.4, 0.5) is 5.69 Å². The summed E-state index contributed by atoms with van der Waals surface area (Å²) in [6, 6.07) is 16.4. The molecule has 3 nitrogen and oxygen atoms in total. The Balaban J connectivity index is 1.75. The lowest BCUT2D eigenvalue weighted by atomic mass is 10.2. The summed E-state index contributed by atoms with van der Waals surface area (Å²) < 4.78 is 5.69. The summed E-state index contributed by atoms with van der Waals surface area (Å²) in [6.45, 7) is 2.77. The van der Waals surface area contributed by atoms with Crippen LogP contribution in [0, 0.1) is 0 Å². The fourth-order valence-electron chi connectivity index (χ4n) is 2.36. The maximum atomic E-state index is 11.6. The van der Waals surface area contributed by atoms with Crippen molar-refractivity contribution < 1.29 is 9.53 Å². The lowest BCUT2D eigenvalue weighted by molar-refractivity contribution is -0.116. The number of rotatable bonds is 3. The Bertz CT molecular complexity index is 642. The summed E-state index contributed by atoms with van der Waals surface area (Å²) in [5, 5.41) is 0. The van der Waals surface area contributed by atoms with Gasteiger partial charge >= 0.3 is 0 Å². The number of anilines is 1. The number of amides is 1. The molecule has 0 spiro atoms. The predicted molar refractivity (Wildman–Crippen MR) is 86.0 cm³/mol. The highest BCUT2D eigenvalue weighted by molar-refractivity contribution is 7.98. The molecule has 0 saturated heterocycles. The molecule has 0 saturated carbocycles. The average Bonchev–Trinajstić information content (AvgIpc) is 2.53. The molecule has 1 aliphatic rings. The van der Waals surface area contributed by atoms with Gasteiger partial charge in [-0.3, -0.25) is 4.79 Å². The number of thioether (sulfide) groups is 1. The summed E-state index contributed by atoms with van der Waals surface area (Å²) in [7, 11) is 0. The zero-order valence-electron chi connectivity index (χ0n) is 11.9. The number of carbonyl (C=O) groups excluding carboxylic acids is 1. The fraction of sp³-hybridized carbons (Fsp3) is 0.235. The highest BCUT2D eigenvalue weighted by Gasteiger charge is 2.21. The molecule has 0 fully saturated rings. The molecular formula is C17H17NO2S. The topological polar surface area (TPSA) is 29.5 Å². The van der Waals surface area contributed by atoms with Crippen molar-refractivity contribution in [3.05, 3.63) is 54.1 Å². The van der Waals surface area contributed by atoms with Crippen molar-refractivity contribution in [3.63, 3.8) is 0 Å². The average molecular weight is 299 g/mol. The van der Waals surface area contributed by atoms with Crippen molar-refractivity contribution in [1.82, 2.24) is 0 Å². The number of ether oxygens (including phenoxy) is 1. The van der Waals surface area contributed by atoms with Crippen LogP contribution in [-0.4, -0.2) is 19.1 Å². The molecule has 0 aliphatic carbocycles. The zero-order chi connectivity index (χ0) is 14.7. The highest BCUT2D eigenvalue weighted by atomic mass is 32.2. The second-order valence-electron chi connectivity index (χ2n) is 4.92. The normalized spacial score (nSPS) is 13.5. The first-order valence-electron chi connectivity index (χ1n) is 6.96. The van der Waals surface area contributed by atoms with Gasteiger partial charge in [0, 0.05) is 17.6 Å². The van der Waals surface area contributed by atoms with Gasteiger partial charge in [-0.2, -0.15) is 0 Å². The van der Waals surface area contributed by atoms with Crippen LogP contribution in [0.5, 0.6) is 5.75 Å². The number of carbonyl (C=O) groups is 1. The Labute approximate surface area is 128 Å². The summed E-state index contributed by atoms with van der Waals surface area (Å²) in [4.78, 5) is 14.5. The van der Waals surface area contributed by atoms with E-state index in [-0.39, 0.29) is 5.91 Å². The van der Waals surface area contributed by atoms with E-state index in [0.29, 0.717) is 13.2 Å². The summed E-state index contributed by atoms with van der Waals surface area (Å²) >= 11 is 1.77. The van der Waals surface area contributed by atoms with E-state index in [1.165, 1.54) is 5.56 Å². The van der Waals surface area contributed by atoms with Gasteiger partial charge < -0.3 is 9.64 Å². The van der Waals surface area contributed by atoms with E-state index in [2.05, 4.69) is 30.3 Å². The van der Waals surface area contributed by atoms with E-state index in [1.807, 2.05) is 18.2 Å². The van der Waals surface area contributed by atoms with E-state index in [0.717, 1.165) is 22.1 Å². The van der Waals surface area contributed by atoms with Gasteiger partial charge in [-0.15, -0.1) is 11.8 Å². The quantitative estimate of drug-likeness (QED) is 0.809. The fourth-order valence-corrected chi connectivity index (χ4v) is 3.24. The van der Waals surface area contributed by atoms with Crippen LogP contribution >= 0.6 is 11.8 Å². The molecule has 1 amide bonds. The van der Waals surface area contributed by atoms with Crippen molar-refractivity contribution in [1.29, 1.82) is 0 Å². The van der Waals surface area contributed by atoms with E-state index < -0.39 is 0 Å². The first-order chi connectivity index (χ1) is 10.2. The van der Waals surface area contributed by atoms with Gasteiger partial charge in [0.15, 0.2) is 0 Å². The molecule has 0 aromatic heterocycles. The van der Waals surface area contributed by atoms with Crippen LogP contribution in [0.15, 0.2) is 53.4 Å². The Morgan fingerprint density at radius 1 is 1.24 bits per heavy atom. The van der Waals surface area contributed by atoms with Crippen LogP contribution < -0.4 is 9.64 Å². The highest BCUT2D eigenvalue weighted by Crippen LogP contribution is 2.36. The Morgan fingerprint density at radius 3 is 2.81 bits per heavy atom. The van der Waals surface area contributed by atoms with Gasteiger partial charge in [0.05, 0.1) is 12.2 Å².